The van der Waals surface area contributed by atoms with Crippen molar-refractivity contribution in [3.05, 3.63) is 59.7 Å². The molecule has 1 atom stereocenters. The first-order valence-electron chi connectivity index (χ1n) is 11.5. The lowest BCUT2D eigenvalue weighted by atomic mass is 9.83. The van der Waals surface area contributed by atoms with Crippen LogP contribution >= 0.6 is 0 Å². The number of nitrogens with zero attached hydrogens (tertiary/aromatic N) is 1. The Bertz CT molecular complexity index is 1080. The summed E-state index contributed by atoms with van der Waals surface area (Å²) in [7, 11) is -3.65. The largest absolute Gasteiger partial charge is 0.487 e. The van der Waals surface area contributed by atoms with E-state index in [4.69, 9.17) is 4.74 Å². The number of benzene rings is 2. The minimum Gasteiger partial charge on any atom is -0.487 e. The van der Waals surface area contributed by atoms with E-state index in [9.17, 15) is 13.2 Å². The summed E-state index contributed by atoms with van der Waals surface area (Å²) < 4.78 is 32.6. The van der Waals surface area contributed by atoms with E-state index in [1.54, 1.807) is 12.1 Å². The van der Waals surface area contributed by atoms with Gasteiger partial charge in [-0.05, 0) is 42.0 Å². The van der Waals surface area contributed by atoms with Gasteiger partial charge in [-0.15, -0.1) is 0 Å². The van der Waals surface area contributed by atoms with Crippen molar-refractivity contribution in [2.24, 2.45) is 0 Å². The average Bonchev–Trinajstić information content (AvgIpc) is 2.76. The second-order valence-corrected chi connectivity index (χ2v) is 11.8. The third-order valence-corrected chi connectivity index (χ3v) is 7.67. The number of carbonyl (C=O) groups excluding carboxylic acids is 1. The molecule has 180 valence electrons. The van der Waals surface area contributed by atoms with Gasteiger partial charge in [-0.25, -0.2) is 8.42 Å². The first-order chi connectivity index (χ1) is 15.4. The van der Waals surface area contributed by atoms with Crippen molar-refractivity contribution in [1.29, 1.82) is 0 Å². The predicted octanol–water partition coefficient (Wildman–Crippen LogP) is 4.95. The summed E-state index contributed by atoms with van der Waals surface area (Å²) >= 11 is 0. The number of rotatable bonds is 7. The van der Waals surface area contributed by atoms with Gasteiger partial charge >= 0.3 is 0 Å². The first kappa shape index (κ1) is 25.1. The summed E-state index contributed by atoms with van der Waals surface area (Å²) in [6, 6.07) is 14.8. The molecule has 0 bridgehead atoms. The van der Waals surface area contributed by atoms with E-state index in [0.717, 1.165) is 40.3 Å². The molecule has 0 aliphatic carbocycles. The van der Waals surface area contributed by atoms with Crippen LogP contribution in [-0.2, 0) is 20.2 Å². The van der Waals surface area contributed by atoms with Crippen LogP contribution in [0.15, 0.2) is 48.5 Å². The fraction of sp³-hybridized carbons (Fsp3) is 0.500. The molecule has 0 unspecified atom stereocenters. The summed E-state index contributed by atoms with van der Waals surface area (Å²) in [4.78, 5) is 13.1. The molecule has 1 N–H and O–H groups in total. The predicted molar refractivity (Wildman–Crippen MR) is 133 cm³/mol. The molecule has 3 rings (SSSR count). The lowest BCUT2D eigenvalue weighted by molar-refractivity contribution is -0.121. The zero-order valence-corrected chi connectivity index (χ0v) is 21.3. The molecule has 7 heteroatoms. The molecule has 33 heavy (non-hydrogen) atoms. The number of hydrogen-bond donors (Lipinski definition) is 1. The molecule has 0 saturated heterocycles. The highest BCUT2D eigenvalue weighted by Gasteiger charge is 2.39. The molecule has 6 nitrogen and oxygen atoms in total. The Morgan fingerprint density at radius 3 is 2.24 bits per heavy atom. The van der Waals surface area contributed by atoms with Crippen LogP contribution in [0.1, 0.15) is 71.0 Å². The Kier molecular flexibility index (Phi) is 7.13. The first-order valence-corrected chi connectivity index (χ1v) is 13.4. The minimum atomic E-state index is -3.65. The molecule has 0 spiro atoms. The number of anilines is 1. The van der Waals surface area contributed by atoms with Crippen molar-refractivity contribution >= 4 is 21.6 Å². The molecule has 1 aliphatic rings. The van der Waals surface area contributed by atoms with Crippen LogP contribution in [0, 0.1) is 0 Å². The minimum absolute atomic E-state index is 0.0483. The molecule has 0 aromatic heterocycles. The SMILES string of the molecule is CCC1(CC)C[C@@H](NC(=O)CN(c2ccc(C(C)(C)C)cc2)S(C)(=O)=O)c2ccccc2O1. The zero-order valence-electron chi connectivity index (χ0n) is 20.5. The highest BCUT2D eigenvalue weighted by atomic mass is 32.2. The maximum absolute atomic E-state index is 13.1. The lowest BCUT2D eigenvalue weighted by Crippen LogP contribution is -2.47. The average molecular weight is 473 g/mol. The lowest BCUT2D eigenvalue weighted by Gasteiger charge is -2.41. The van der Waals surface area contributed by atoms with Crippen molar-refractivity contribution in [2.75, 3.05) is 17.1 Å². The van der Waals surface area contributed by atoms with Crippen LogP contribution in [0.3, 0.4) is 0 Å². The summed E-state index contributed by atoms with van der Waals surface area (Å²) in [5, 5.41) is 3.08. The summed E-state index contributed by atoms with van der Waals surface area (Å²) in [6.07, 6.45) is 3.41. The van der Waals surface area contributed by atoms with Crippen LogP contribution < -0.4 is 14.4 Å². The number of fused-ring (bicyclic) bond motifs is 1. The van der Waals surface area contributed by atoms with E-state index in [1.165, 1.54) is 0 Å². The number of ether oxygens (including phenoxy) is 1. The van der Waals surface area contributed by atoms with Gasteiger partial charge in [0, 0.05) is 12.0 Å². The Morgan fingerprint density at radius 2 is 1.70 bits per heavy atom. The molecular formula is C26H36N2O4S. The number of carbonyl (C=O) groups is 1. The van der Waals surface area contributed by atoms with Crippen LogP contribution in [-0.4, -0.2) is 32.7 Å². The third-order valence-electron chi connectivity index (χ3n) is 6.53. The van der Waals surface area contributed by atoms with Gasteiger partial charge in [-0.3, -0.25) is 9.10 Å². The number of nitrogens with one attached hydrogen (secondary N) is 1. The third kappa shape index (κ3) is 5.69. The van der Waals surface area contributed by atoms with Crippen molar-refractivity contribution in [1.82, 2.24) is 5.32 Å². The zero-order chi connectivity index (χ0) is 24.4. The fourth-order valence-electron chi connectivity index (χ4n) is 4.33. The van der Waals surface area contributed by atoms with Crippen LogP contribution in [0.2, 0.25) is 0 Å². The van der Waals surface area contributed by atoms with Crippen molar-refractivity contribution in [2.45, 2.75) is 70.9 Å². The number of para-hydroxylation sites is 1. The Morgan fingerprint density at radius 1 is 1.09 bits per heavy atom. The summed E-state index contributed by atoms with van der Waals surface area (Å²) in [6.45, 7) is 10.2. The monoisotopic (exact) mass is 472 g/mol. The van der Waals surface area contributed by atoms with E-state index in [0.29, 0.717) is 12.1 Å². The Labute approximate surface area is 198 Å². The van der Waals surface area contributed by atoms with E-state index in [2.05, 4.69) is 39.9 Å². The second-order valence-electron chi connectivity index (χ2n) is 9.92. The highest BCUT2D eigenvalue weighted by Crippen LogP contribution is 2.42. The normalized spacial score (nSPS) is 17.6. The van der Waals surface area contributed by atoms with E-state index < -0.39 is 10.0 Å². The standard InChI is InChI=1S/C26H36N2O4S/c1-7-26(8-2)17-22(21-11-9-10-12-23(21)32-26)27-24(29)18-28(33(6,30)31)20-15-13-19(14-16-20)25(3,4)5/h9-16,22H,7-8,17-18H2,1-6H3,(H,27,29)/t22-/m1/s1. The Hall–Kier alpha value is -2.54. The quantitative estimate of drug-likeness (QED) is 0.619. The topological polar surface area (TPSA) is 75.7 Å². The summed E-state index contributed by atoms with van der Waals surface area (Å²) in [5.74, 6) is 0.429. The maximum Gasteiger partial charge on any atom is 0.241 e. The van der Waals surface area contributed by atoms with Gasteiger partial charge in [-0.1, -0.05) is 65.0 Å². The van der Waals surface area contributed by atoms with E-state index in [-0.39, 0.29) is 29.5 Å². The smallest absolute Gasteiger partial charge is 0.241 e. The highest BCUT2D eigenvalue weighted by molar-refractivity contribution is 7.92. The van der Waals surface area contributed by atoms with Gasteiger partial charge in [0.15, 0.2) is 0 Å². The second kappa shape index (κ2) is 9.37. The van der Waals surface area contributed by atoms with Crippen molar-refractivity contribution in [3.63, 3.8) is 0 Å². The Balaban J connectivity index is 1.84. The van der Waals surface area contributed by atoms with Gasteiger partial charge in [0.25, 0.3) is 0 Å². The molecule has 1 heterocycles. The molecule has 0 fully saturated rings. The van der Waals surface area contributed by atoms with Crippen LogP contribution in [0.5, 0.6) is 5.75 Å². The van der Waals surface area contributed by atoms with Crippen LogP contribution in [0.25, 0.3) is 0 Å². The number of sulfonamides is 1. The molecule has 2 aromatic rings. The molecule has 1 amide bonds. The van der Waals surface area contributed by atoms with Gasteiger partial charge in [0.1, 0.15) is 17.9 Å². The molecule has 2 aromatic carbocycles. The van der Waals surface area contributed by atoms with E-state index >= 15 is 0 Å². The fourth-order valence-corrected chi connectivity index (χ4v) is 5.18. The van der Waals surface area contributed by atoms with E-state index in [1.807, 2.05) is 36.4 Å². The molecule has 1 aliphatic heterocycles. The van der Waals surface area contributed by atoms with Crippen LogP contribution in [0.4, 0.5) is 5.69 Å². The molecular weight excluding hydrogens is 436 g/mol. The maximum atomic E-state index is 13.1. The molecule has 0 saturated carbocycles. The summed E-state index contributed by atoms with van der Waals surface area (Å²) in [5.41, 5.74) is 2.09. The number of amides is 1. The van der Waals surface area contributed by atoms with Gasteiger partial charge in [-0.2, -0.15) is 0 Å². The number of hydrogen-bond acceptors (Lipinski definition) is 4. The van der Waals surface area contributed by atoms with Crippen molar-refractivity contribution in [3.8, 4) is 5.75 Å². The van der Waals surface area contributed by atoms with Gasteiger partial charge in [0.05, 0.1) is 18.0 Å². The van der Waals surface area contributed by atoms with Gasteiger partial charge < -0.3 is 10.1 Å². The van der Waals surface area contributed by atoms with Crippen molar-refractivity contribution < 1.29 is 17.9 Å². The molecule has 0 radical (unpaired) electrons. The van der Waals surface area contributed by atoms with Gasteiger partial charge in [0.2, 0.25) is 15.9 Å².